The molecule has 1 aliphatic rings. The molecular weight excluding hydrogens is 406 g/mol. The average molecular weight is 429 g/mol. The van der Waals surface area contributed by atoms with Gasteiger partial charge in [-0.1, -0.05) is 48.5 Å². The molecule has 0 fully saturated rings. The van der Waals surface area contributed by atoms with Gasteiger partial charge in [-0.25, -0.2) is 0 Å². The maximum absolute atomic E-state index is 12.4. The predicted octanol–water partition coefficient (Wildman–Crippen LogP) is 3.10. The fourth-order valence-corrected chi connectivity index (χ4v) is 3.70. The highest BCUT2D eigenvalue weighted by Crippen LogP contribution is 2.30. The van der Waals surface area contributed by atoms with Crippen LogP contribution in [-0.2, 0) is 16.0 Å². The third-order valence-electron chi connectivity index (χ3n) is 5.26. The number of nitrogens with one attached hydrogen (secondary N) is 2. The Morgan fingerprint density at radius 3 is 2.47 bits per heavy atom. The second-order valence-corrected chi connectivity index (χ2v) is 7.42. The monoisotopic (exact) mass is 429 g/mol. The average Bonchev–Trinajstić information content (AvgIpc) is 3.25. The quantitative estimate of drug-likeness (QED) is 0.610. The fraction of sp³-hybridized carbons (Fsp3) is 0.160. The van der Waals surface area contributed by atoms with E-state index in [0.29, 0.717) is 24.3 Å². The molecule has 0 spiro atoms. The number of benzene rings is 3. The van der Waals surface area contributed by atoms with Gasteiger partial charge in [-0.15, -0.1) is 0 Å². The number of carbonyl (C=O) groups excluding carboxylic acids is 3. The van der Waals surface area contributed by atoms with E-state index in [2.05, 4.69) is 10.9 Å². The molecule has 3 aromatic carbocycles. The van der Waals surface area contributed by atoms with E-state index >= 15 is 0 Å². The van der Waals surface area contributed by atoms with Gasteiger partial charge in [-0.3, -0.25) is 25.2 Å². The first kappa shape index (κ1) is 21.1. The number of hydrogen-bond acceptors (Lipinski definition) is 4. The van der Waals surface area contributed by atoms with E-state index in [1.807, 2.05) is 48.5 Å². The molecular formula is C25H23N3O4. The summed E-state index contributed by atoms with van der Waals surface area (Å²) in [6.45, 7) is 1.88. The number of hydrazine groups is 1. The Morgan fingerprint density at radius 2 is 1.69 bits per heavy atom. The molecule has 4 rings (SSSR count). The summed E-state index contributed by atoms with van der Waals surface area (Å²) in [6.07, 6.45) is 0.692. The number of ether oxygens (including phenoxy) is 1. The van der Waals surface area contributed by atoms with Crippen LogP contribution in [0.2, 0.25) is 0 Å². The van der Waals surface area contributed by atoms with Crippen LogP contribution < -0.4 is 20.5 Å². The number of hydrogen-bond donors (Lipinski definition) is 2. The predicted molar refractivity (Wildman–Crippen MR) is 121 cm³/mol. The third kappa shape index (κ3) is 4.62. The van der Waals surface area contributed by atoms with E-state index in [1.54, 1.807) is 29.2 Å². The van der Waals surface area contributed by atoms with E-state index in [9.17, 15) is 14.4 Å². The maximum atomic E-state index is 12.4. The number of fused-ring (bicyclic) bond motifs is 1. The summed E-state index contributed by atoms with van der Waals surface area (Å²) in [5.74, 6) is -0.367. The highest BCUT2D eigenvalue weighted by Gasteiger charge is 2.23. The van der Waals surface area contributed by atoms with Crippen molar-refractivity contribution in [3.05, 3.63) is 83.9 Å². The Hall–Kier alpha value is -4.13. The van der Waals surface area contributed by atoms with Crippen LogP contribution in [0.4, 0.5) is 5.69 Å². The molecule has 1 aliphatic heterocycles. The van der Waals surface area contributed by atoms with Crippen molar-refractivity contribution in [1.29, 1.82) is 0 Å². The van der Waals surface area contributed by atoms with Gasteiger partial charge in [-0.05, 0) is 41.8 Å². The summed E-state index contributed by atoms with van der Waals surface area (Å²) in [4.78, 5) is 38.0. The van der Waals surface area contributed by atoms with Crippen molar-refractivity contribution in [2.45, 2.75) is 13.3 Å². The fourth-order valence-electron chi connectivity index (χ4n) is 3.70. The second-order valence-electron chi connectivity index (χ2n) is 7.42. The van der Waals surface area contributed by atoms with Gasteiger partial charge in [0, 0.05) is 30.3 Å². The molecule has 162 valence electrons. The molecule has 0 saturated heterocycles. The maximum Gasteiger partial charge on any atom is 0.276 e. The first-order valence-corrected chi connectivity index (χ1v) is 10.3. The first-order valence-electron chi connectivity index (χ1n) is 10.3. The number of amides is 3. The van der Waals surface area contributed by atoms with Crippen LogP contribution >= 0.6 is 0 Å². The van der Waals surface area contributed by atoms with Gasteiger partial charge in [0.15, 0.2) is 6.61 Å². The molecule has 32 heavy (non-hydrogen) atoms. The Morgan fingerprint density at radius 1 is 0.938 bits per heavy atom. The molecule has 0 atom stereocenters. The number of nitrogens with zero attached hydrogens (tertiary/aromatic N) is 1. The van der Waals surface area contributed by atoms with Gasteiger partial charge in [0.2, 0.25) is 5.91 Å². The largest absolute Gasteiger partial charge is 0.483 e. The number of rotatable bonds is 5. The zero-order chi connectivity index (χ0) is 22.5. The van der Waals surface area contributed by atoms with Crippen molar-refractivity contribution in [3.8, 4) is 16.9 Å². The van der Waals surface area contributed by atoms with Crippen LogP contribution in [0.3, 0.4) is 0 Å². The SMILES string of the molecule is CC(=O)N1CCc2cc(C(=O)NNC(=O)COc3ccccc3-c3ccccc3)ccc21. The Labute approximate surface area is 186 Å². The van der Waals surface area contributed by atoms with Crippen molar-refractivity contribution in [2.75, 3.05) is 18.1 Å². The summed E-state index contributed by atoms with van der Waals surface area (Å²) in [6, 6.07) is 22.3. The van der Waals surface area contributed by atoms with Gasteiger partial charge in [0.25, 0.3) is 11.8 Å². The Bertz CT molecular complexity index is 1160. The van der Waals surface area contributed by atoms with E-state index in [0.717, 1.165) is 22.4 Å². The molecule has 0 unspecified atom stereocenters. The van der Waals surface area contributed by atoms with Crippen LogP contribution in [0, 0.1) is 0 Å². The first-order chi connectivity index (χ1) is 15.5. The summed E-state index contributed by atoms with van der Waals surface area (Å²) >= 11 is 0. The molecule has 0 aliphatic carbocycles. The normalized spacial score (nSPS) is 12.1. The Kier molecular flexibility index (Phi) is 6.17. The van der Waals surface area contributed by atoms with Crippen LogP contribution in [0.25, 0.3) is 11.1 Å². The lowest BCUT2D eigenvalue weighted by atomic mass is 10.1. The Balaban J connectivity index is 1.33. The summed E-state index contributed by atoms with van der Waals surface area (Å²) in [7, 11) is 0. The zero-order valence-corrected chi connectivity index (χ0v) is 17.6. The molecule has 3 aromatic rings. The molecule has 3 amide bonds. The number of anilines is 1. The van der Waals surface area contributed by atoms with Gasteiger partial charge >= 0.3 is 0 Å². The summed E-state index contributed by atoms with van der Waals surface area (Å²) in [5.41, 5.74) is 8.81. The molecule has 2 N–H and O–H groups in total. The molecule has 7 nitrogen and oxygen atoms in total. The lowest BCUT2D eigenvalue weighted by Crippen LogP contribution is -2.43. The van der Waals surface area contributed by atoms with Crippen molar-refractivity contribution in [3.63, 3.8) is 0 Å². The molecule has 7 heteroatoms. The topological polar surface area (TPSA) is 87.7 Å². The van der Waals surface area contributed by atoms with Crippen molar-refractivity contribution in [1.82, 2.24) is 10.9 Å². The number of carbonyl (C=O) groups is 3. The molecule has 0 saturated carbocycles. The van der Waals surface area contributed by atoms with Crippen molar-refractivity contribution < 1.29 is 19.1 Å². The number of para-hydroxylation sites is 1. The van der Waals surface area contributed by atoms with Gasteiger partial charge in [0.05, 0.1) is 0 Å². The van der Waals surface area contributed by atoms with Crippen LogP contribution in [0.15, 0.2) is 72.8 Å². The van der Waals surface area contributed by atoms with Crippen molar-refractivity contribution >= 4 is 23.4 Å². The minimum Gasteiger partial charge on any atom is -0.483 e. The van der Waals surface area contributed by atoms with Gasteiger partial charge in [-0.2, -0.15) is 0 Å². The second kappa shape index (κ2) is 9.34. The standard InChI is InChI=1S/C25H23N3O4/c1-17(29)28-14-13-19-15-20(11-12-22(19)28)25(31)27-26-24(30)16-32-23-10-6-5-9-21(23)18-7-3-2-4-8-18/h2-12,15H,13-14,16H2,1H3,(H,26,30)(H,27,31). The minimum atomic E-state index is -0.481. The lowest BCUT2D eigenvalue weighted by Gasteiger charge is -2.15. The van der Waals surface area contributed by atoms with Crippen molar-refractivity contribution in [2.24, 2.45) is 0 Å². The van der Waals surface area contributed by atoms with Crippen LogP contribution in [0.5, 0.6) is 5.75 Å². The highest BCUT2D eigenvalue weighted by molar-refractivity contribution is 5.98. The highest BCUT2D eigenvalue weighted by atomic mass is 16.5. The molecule has 0 bridgehead atoms. The smallest absolute Gasteiger partial charge is 0.276 e. The van der Waals surface area contributed by atoms with Gasteiger partial charge in [0.1, 0.15) is 5.75 Å². The van der Waals surface area contributed by atoms with Crippen LogP contribution in [-0.4, -0.2) is 30.9 Å². The zero-order valence-electron chi connectivity index (χ0n) is 17.6. The molecule has 0 aromatic heterocycles. The van der Waals surface area contributed by atoms with E-state index < -0.39 is 11.8 Å². The van der Waals surface area contributed by atoms with E-state index in [-0.39, 0.29) is 12.5 Å². The summed E-state index contributed by atoms with van der Waals surface area (Å²) in [5, 5.41) is 0. The van der Waals surface area contributed by atoms with E-state index in [4.69, 9.17) is 4.74 Å². The minimum absolute atomic E-state index is 0.0259. The molecule has 1 heterocycles. The van der Waals surface area contributed by atoms with Crippen LogP contribution in [0.1, 0.15) is 22.8 Å². The van der Waals surface area contributed by atoms with Gasteiger partial charge < -0.3 is 9.64 Å². The third-order valence-corrected chi connectivity index (χ3v) is 5.26. The summed E-state index contributed by atoms with van der Waals surface area (Å²) < 4.78 is 5.69. The lowest BCUT2D eigenvalue weighted by molar-refractivity contribution is -0.123. The molecule has 0 radical (unpaired) electrons. The van der Waals surface area contributed by atoms with E-state index in [1.165, 1.54) is 6.92 Å².